The minimum Gasteiger partial charge on any atom is -0.352 e. The molecule has 3 aromatic rings. The second-order valence-corrected chi connectivity index (χ2v) is 6.58. The molecule has 25 heavy (non-hydrogen) atoms. The van der Waals surface area contributed by atoms with Gasteiger partial charge in [0.15, 0.2) is 11.6 Å². The highest BCUT2D eigenvalue weighted by Crippen LogP contribution is 2.25. The van der Waals surface area contributed by atoms with E-state index < -0.39 is 17.5 Å². The Labute approximate surface area is 152 Å². The third-order valence-corrected chi connectivity index (χ3v) is 4.68. The summed E-state index contributed by atoms with van der Waals surface area (Å²) in [7, 11) is 0. The van der Waals surface area contributed by atoms with Gasteiger partial charge in [-0.05, 0) is 30.3 Å². The predicted molar refractivity (Wildman–Crippen MR) is 95.0 cm³/mol. The van der Waals surface area contributed by atoms with Gasteiger partial charge in [-0.2, -0.15) is 0 Å². The van der Waals surface area contributed by atoms with Crippen LogP contribution in [0.15, 0.2) is 47.8 Å². The average Bonchev–Trinajstić information content (AvgIpc) is 3.06. The molecule has 0 aliphatic carbocycles. The number of nitrogens with one attached hydrogen (secondary N) is 1. The van der Waals surface area contributed by atoms with Crippen molar-refractivity contribution in [2.24, 2.45) is 0 Å². The molecule has 3 rings (SSSR count). The van der Waals surface area contributed by atoms with Gasteiger partial charge in [-0.1, -0.05) is 23.7 Å². The Bertz CT molecular complexity index is 896. The van der Waals surface area contributed by atoms with E-state index in [-0.39, 0.29) is 5.56 Å². The maximum atomic E-state index is 13.1. The second-order valence-electron chi connectivity index (χ2n) is 5.29. The van der Waals surface area contributed by atoms with Gasteiger partial charge in [0.1, 0.15) is 5.01 Å². The maximum absolute atomic E-state index is 13.1. The third-order valence-electron chi connectivity index (χ3n) is 3.49. The van der Waals surface area contributed by atoms with E-state index in [1.54, 1.807) is 12.1 Å². The van der Waals surface area contributed by atoms with Crippen LogP contribution < -0.4 is 5.32 Å². The third kappa shape index (κ3) is 4.41. The summed E-state index contributed by atoms with van der Waals surface area (Å²) in [4.78, 5) is 16.4. The Kier molecular flexibility index (Phi) is 5.40. The second kappa shape index (κ2) is 7.72. The Morgan fingerprint density at radius 2 is 1.88 bits per heavy atom. The van der Waals surface area contributed by atoms with Crippen LogP contribution in [0, 0.1) is 11.6 Å². The van der Waals surface area contributed by atoms with Gasteiger partial charge in [0.2, 0.25) is 0 Å². The summed E-state index contributed by atoms with van der Waals surface area (Å²) < 4.78 is 26.0. The molecule has 0 fully saturated rings. The van der Waals surface area contributed by atoms with Gasteiger partial charge >= 0.3 is 0 Å². The van der Waals surface area contributed by atoms with Gasteiger partial charge in [-0.25, -0.2) is 13.8 Å². The number of hydrogen-bond acceptors (Lipinski definition) is 3. The molecule has 0 spiro atoms. The molecule has 0 aliphatic heterocycles. The molecule has 0 aliphatic rings. The quantitative estimate of drug-likeness (QED) is 0.698. The SMILES string of the molecule is O=C(NCCc1csc(-c2ccc(Cl)cc2)n1)c1ccc(F)c(F)c1. The summed E-state index contributed by atoms with van der Waals surface area (Å²) in [6.07, 6.45) is 0.541. The summed E-state index contributed by atoms with van der Waals surface area (Å²) in [6.45, 7) is 0.349. The highest BCUT2D eigenvalue weighted by atomic mass is 35.5. The Balaban J connectivity index is 1.56. The van der Waals surface area contributed by atoms with Crippen LogP contribution in [0.1, 0.15) is 16.1 Å². The van der Waals surface area contributed by atoms with E-state index in [4.69, 9.17) is 11.6 Å². The number of amides is 1. The first-order valence-electron chi connectivity index (χ1n) is 7.46. The molecule has 1 aromatic heterocycles. The lowest BCUT2D eigenvalue weighted by molar-refractivity contribution is 0.0953. The zero-order valence-electron chi connectivity index (χ0n) is 12.9. The molecule has 0 radical (unpaired) electrons. The predicted octanol–water partition coefficient (Wildman–Crippen LogP) is 4.71. The Morgan fingerprint density at radius 1 is 1.12 bits per heavy atom. The number of halogens is 3. The molecule has 0 saturated heterocycles. The molecule has 0 unspecified atom stereocenters. The molecule has 3 nitrogen and oxygen atoms in total. The van der Waals surface area contributed by atoms with Gasteiger partial charge in [0.25, 0.3) is 5.91 Å². The fourth-order valence-corrected chi connectivity index (χ4v) is 3.18. The number of thiazole rings is 1. The number of carbonyl (C=O) groups excluding carboxylic acids is 1. The summed E-state index contributed by atoms with van der Waals surface area (Å²) in [5, 5.41) is 6.13. The van der Waals surface area contributed by atoms with E-state index in [0.717, 1.165) is 28.4 Å². The molecule has 1 amide bonds. The van der Waals surface area contributed by atoms with E-state index in [1.807, 2.05) is 17.5 Å². The van der Waals surface area contributed by atoms with E-state index in [9.17, 15) is 13.6 Å². The largest absolute Gasteiger partial charge is 0.352 e. The number of rotatable bonds is 5. The fourth-order valence-electron chi connectivity index (χ4n) is 2.19. The van der Waals surface area contributed by atoms with Gasteiger partial charge in [0.05, 0.1) is 5.69 Å². The summed E-state index contributed by atoms with van der Waals surface area (Å²) >= 11 is 7.38. The topological polar surface area (TPSA) is 42.0 Å². The number of aromatic nitrogens is 1. The highest BCUT2D eigenvalue weighted by Gasteiger charge is 2.10. The molecular formula is C18H13ClF2N2OS. The number of benzene rings is 2. The minimum absolute atomic E-state index is 0.0824. The first kappa shape index (κ1) is 17.5. The minimum atomic E-state index is -1.04. The van der Waals surface area contributed by atoms with Crippen LogP contribution in [-0.2, 0) is 6.42 Å². The van der Waals surface area contributed by atoms with Crippen LogP contribution in [0.5, 0.6) is 0 Å². The van der Waals surface area contributed by atoms with E-state index in [0.29, 0.717) is 18.0 Å². The van der Waals surface area contributed by atoms with Crippen molar-refractivity contribution >= 4 is 28.8 Å². The number of nitrogens with zero attached hydrogens (tertiary/aromatic N) is 1. The van der Waals surface area contributed by atoms with Crippen LogP contribution in [-0.4, -0.2) is 17.4 Å². The fraction of sp³-hybridized carbons (Fsp3) is 0.111. The maximum Gasteiger partial charge on any atom is 0.251 e. The number of carbonyl (C=O) groups is 1. The first-order chi connectivity index (χ1) is 12.0. The first-order valence-corrected chi connectivity index (χ1v) is 8.72. The summed E-state index contributed by atoms with van der Waals surface area (Å²) in [6, 6.07) is 10.5. The van der Waals surface area contributed by atoms with Crippen molar-refractivity contribution in [2.75, 3.05) is 6.54 Å². The van der Waals surface area contributed by atoms with Crippen molar-refractivity contribution in [1.82, 2.24) is 10.3 Å². The smallest absolute Gasteiger partial charge is 0.251 e. The molecule has 0 atom stereocenters. The normalized spacial score (nSPS) is 10.7. The van der Waals surface area contributed by atoms with Crippen LogP contribution in [0.4, 0.5) is 8.78 Å². The molecule has 0 saturated carbocycles. The molecule has 128 valence electrons. The lowest BCUT2D eigenvalue weighted by Crippen LogP contribution is -2.25. The summed E-state index contributed by atoms with van der Waals surface area (Å²) in [5.74, 6) is -2.47. The van der Waals surface area contributed by atoms with E-state index >= 15 is 0 Å². The van der Waals surface area contributed by atoms with Crippen molar-refractivity contribution in [1.29, 1.82) is 0 Å². The van der Waals surface area contributed by atoms with Crippen molar-refractivity contribution in [3.8, 4) is 10.6 Å². The van der Waals surface area contributed by atoms with Gasteiger partial charge in [-0.15, -0.1) is 11.3 Å². The lowest BCUT2D eigenvalue weighted by atomic mass is 10.2. The summed E-state index contributed by atoms with van der Waals surface area (Å²) in [5.41, 5.74) is 1.91. The molecule has 1 heterocycles. The van der Waals surface area contributed by atoms with Crippen LogP contribution in [0.3, 0.4) is 0 Å². The zero-order valence-corrected chi connectivity index (χ0v) is 14.5. The van der Waals surface area contributed by atoms with Crippen molar-refractivity contribution < 1.29 is 13.6 Å². The molecule has 7 heteroatoms. The van der Waals surface area contributed by atoms with E-state index in [2.05, 4.69) is 10.3 Å². The molecule has 2 aromatic carbocycles. The van der Waals surface area contributed by atoms with Crippen LogP contribution in [0.25, 0.3) is 10.6 Å². The average molecular weight is 379 g/mol. The van der Waals surface area contributed by atoms with Crippen molar-refractivity contribution in [3.63, 3.8) is 0 Å². The van der Waals surface area contributed by atoms with Gasteiger partial charge < -0.3 is 5.32 Å². The van der Waals surface area contributed by atoms with Crippen molar-refractivity contribution in [2.45, 2.75) is 6.42 Å². The van der Waals surface area contributed by atoms with Gasteiger partial charge in [-0.3, -0.25) is 4.79 Å². The standard InChI is InChI=1S/C18H13ClF2N2OS/c19-13-4-1-11(2-5-13)18-23-14(10-25-18)7-8-22-17(24)12-3-6-15(20)16(21)9-12/h1-6,9-10H,7-8H2,(H,22,24). The molecule has 1 N–H and O–H groups in total. The van der Waals surface area contributed by atoms with Crippen LogP contribution in [0.2, 0.25) is 5.02 Å². The number of hydrogen-bond donors (Lipinski definition) is 1. The Morgan fingerprint density at radius 3 is 2.60 bits per heavy atom. The molecular weight excluding hydrogens is 366 g/mol. The lowest BCUT2D eigenvalue weighted by Gasteiger charge is -2.04. The highest BCUT2D eigenvalue weighted by molar-refractivity contribution is 7.13. The monoisotopic (exact) mass is 378 g/mol. The van der Waals surface area contributed by atoms with Crippen LogP contribution >= 0.6 is 22.9 Å². The molecule has 0 bridgehead atoms. The van der Waals surface area contributed by atoms with Gasteiger partial charge in [0, 0.05) is 34.5 Å². The zero-order chi connectivity index (χ0) is 17.8. The van der Waals surface area contributed by atoms with E-state index in [1.165, 1.54) is 17.4 Å². The van der Waals surface area contributed by atoms with Crippen molar-refractivity contribution in [3.05, 3.63) is 75.8 Å². The Hall–Kier alpha value is -2.31.